The number of rotatable bonds is 7. The van der Waals surface area contributed by atoms with Crippen molar-refractivity contribution in [2.45, 2.75) is 22.4 Å². The number of alkyl halides is 3. The van der Waals surface area contributed by atoms with Gasteiger partial charge in [0, 0.05) is 5.02 Å². The smallest absolute Gasteiger partial charge is 0.404 e. The Hall–Kier alpha value is -2.35. The second-order valence-electron chi connectivity index (χ2n) is 5.89. The molecule has 2 amide bonds. The first-order valence-corrected chi connectivity index (χ1v) is 10.6. The van der Waals surface area contributed by atoms with Gasteiger partial charge >= 0.3 is 6.36 Å². The molecule has 30 heavy (non-hydrogen) atoms. The summed E-state index contributed by atoms with van der Waals surface area (Å²) in [5, 5.41) is 10.9. The molecule has 0 aliphatic carbocycles. The molecule has 164 valence electrons. The molecule has 2 aromatic rings. The monoisotopic (exact) mass is 486 g/mol. The average Bonchev–Trinajstić information content (AvgIpc) is 3.06. The van der Waals surface area contributed by atoms with Crippen LogP contribution in [-0.2, 0) is 14.6 Å². The summed E-state index contributed by atoms with van der Waals surface area (Å²) in [6.45, 7) is 0.853. The third-order valence-corrected chi connectivity index (χ3v) is 7.15. The number of nitrogens with two attached hydrogens (primary N) is 1. The molecule has 8 nitrogen and oxygen atoms in total. The van der Waals surface area contributed by atoms with Gasteiger partial charge in [0.15, 0.2) is 0 Å². The van der Waals surface area contributed by atoms with Crippen LogP contribution in [0.15, 0.2) is 33.4 Å². The Morgan fingerprint density at radius 2 is 1.97 bits per heavy atom. The fraction of sp³-hybridized carbons (Fsp3) is 0.250. The Balaban J connectivity index is 2.59. The highest BCUT2D eigenvalue weighted by Gasteiger charge is 2.35. The van der Waals surface area contributed by atoms with Crippen molar-refractivity contribution in [1.29, 1.82) is 0 Å². The highest BCUT2D eigenvalue weighted by atomic mass is 35.5. The van der Waals surface area contributed by atoms with E-state index in [0.29, 0.717) is 11.3 Å². The number of carbonyl (C=O) groups excluding carboxylic acids is 2. The van der Waals surface area contributed by atoms with Crippen molar-refractivity contribution in [2.24, 2.45) is 11.7 Å². The first kappa shape index (κ1) is 23.9. The molecule has 1 heterocycles. The van der Waals surface area contributed by atoms with Gasteiger partial charge in [-0.3, -0.25) is 9.59 Å². The number of benzene rings is 1. The number of ether oxygens (including phenoxy) is 1. The molecule has 0 saturated heterocycles. The van der Waals surface area contributed by atoms with E-state index in [-0.39, 0.29) is 15.6 Å². The normalized spacial score (nSPS) is 13.0. The second kappa shape index (κ2) is 8.79. The average molecular weight is 487 g/mol. The Morgan fingerprint density at radius 1 is 1.33 bits per heavy atom. The van der Waals surface area contributed by atoms with Gasteiger partial charge in [-0.2, -0.15) is 0 Å². The van der Waals surface area contributed by atoms with Gasteiger partial charge < -0.3 is 20.9 Å². The summed E-state index contributed by atoms with van der Waals surface area (Å²) in [6, 6.07) is 3.32. The third-order valence-electron chi connectivity index (χ3n) is 3.62. The molecule has 0 radical (unpaired) electrons. The fourth-order valence-corrected chi connectivity index (χ4v) is 5.24. The maximum atomic E-state index is 13.0. The van der Waals surface area contributed by atoms with Crippen molar-refractivity contribution in [1.82, 2.24) is 0 Å². The van der Waals surface area contributed by atoms with Crippen LogP contribution in [0.1, 0.15) is 17.3 Å². The zero-order valence-electron chi connectivity index (χ0n) is 15.0. The van der Waals surface area contributed by atoms with Crippen LogP contribution in [0.5, 0.6) is 5.75 Å². The number of carbonyl (C=O) groups is 2. The quantitative estimate of drug-likeness (QED) is 0.550. The summed E-state index contributed by atoms with van der Waals surface area (Å²) in [7, 11) is -4.66. The second-order valence-corrected chi connectivity index (χ2v) is 9.52. The van der Waals surface area contributed by atoms with Gasteiger partial charge in [0.1, 0.15) is 19.9 Å². The van der Waals surface area contributed by atoms with Crippen LogP contribution in [0.4, 0.5) is 18.2 Å². The van der Waals surface area contributed by atoms with Crippen molar-refractivity contribution >= 4 is 49.6 Å². The molecule has 0 saturated carbocycles. The van der Waals surface area contributed by atoms with Crippen LogP contribution in [0.2, 0.25) is 5.02 Å². The predicted octanol–water partition coefficient (Wildman–Crippen LogP) is 2.80. The minimum absolute atomic E-state index is 0.180. The lowest BCUT2D eigenvalue weighted by Gasteiger charge is -2.13. The SMILES string of the molecule is CC(CO)C(=O)Nc1sc(S(=O)(=O)c2cc(Cl)ccc2OC(F)(F)F)cc1C(N)=O. The molecule has 0 fully saturated rings. The molecular formula is C16H14ClF3N2O6S2. The van der Waals surface area contributed by atoms with Crippen LogP contribution in [0, 0.1) is 5.92 Å². The summed E-state index contributed by atoms with van der Waals surface area (Å²) in [4.78, 5) is 22.7. The van der Waals surface area contributed by atoms with Crippen molar-refractivity contribution in [3.8, 4) is 5.75 Å². The topological polar surface area (TPSA) is 136 Å². The third kappa shape index (κ3) is 5.41. The molecule has 2 rings (SSSR count). The number of aliphatic hydroxyl groups excluding tert-OH is 1. The molecule has 1 aromatic heterocycles. The lowest BCUT2D eigenvalue weighted by molar-refractivity contribution is -0.275. The summed E-state index contributed by atoms with van der Waals surface area (Å²) in [5.41, 5.74) is 4.83. The van der Waals surface area contributed by atoms with E-state index in [1.165, 1.54) is 6.92 Å². The maximum Gasteiger partial charge on any atom is 0.573 e. The standard InChI is InChI=1S/C16H14ClF3N2O6S2/c1-7(6-23)14(25)22-15-9(13(21)24)5-12(29-15)30(26,27)11-4-8(17)2-3-10(11)28-16(18,19)20/h2-5,7,23H,6H2,1H3,(H2,21,24)(H,22,25). The van der Waals surface area contributed by atoms with Crippen LogP contribution in [-0.4, -0.2) is 38.3 Å². The zero-order valence-corrected chi connectivity index (χ0v) is 17.4. The summed E-state index contributed by atoms with van der Waals surface area (Å²) in [6.07, 6.45) is -5.18. The zero-order chi connectivity index (χ0) is 22.9. The number of sulfone groups is 1. The van der Waals surface area contributed by atoms with E-state index in [1.807, 2.05) is 0 Å². The number of thiophene rings is 1. The van der Waals surface area contributed by atoms with Crippen molar-refractivity contribution in [3.05, 3.63) is 34.9 Å². The molecule has 0 bridgehead atoms. The lowest BCUT2D eigenvalue weighted by atomic mass is 10.2. The number of primary amides is 1. The van der Waals surface area contributed by atoms with Gasteiger partial charge in [-0.05, 0) is 24.3 Å². The van der Waals surface area contributed by atoms with E-state index in [1.54, 1.807) is 0 Å². The first-order chi connectivity index (χ1) is 13.8. The predicted molar refractivity (Wildman–Crippen MR) is 101 cm³/mol. The van der Waals surface area contributed by atoms with Gasteiger partial charge in [-0.1, -0.05) is 18.5 Å². The maximum absolute atomic E-state index is 13.0. The largest absolute Gasteiger partial charge is 0.573 e. The van der Waals surface area contributed by atoms with Crippen molar-refractivity contribution in [2.75, 3.05) is 11.9 Å². The van der Waals surface area contributed by atoms with Gasteiger partial charge in [-0.25, -0.2) is 8.42 Å². The van der Waals surface area contributed by atoms with E-state index in [0.717, 1.165) is 24.3 Å². The van der Waals surface area contributed by atoms with Crippen LogP contribution in [0.3, 0.4) is 0 Å². The van der Waals surface area contributed by atoms with Crippen LogP contribution >= 0.6 is 22.9 Å². The van der Waals surface area contributed by atoms with Gasteiger partial charge in [0.2, 0.25) is 15.7 Å². The highest BCUT2D eigenvalue weighted by Crippen LogP contribution is 2.40. The van der Waals surface area contributed by atoms with E-state index in [2.05, 4.69) is 10.1 Å². The Kier molecular flexibility index (Phi) is 7.01. The van der Waals surface area contributed by atoms with Crippen LogP contribution < -0.4 is 15.8 Å². The molecule has 4 N–H and O–H groups in total. The molecule has 0 spiro atoms. The number of amides is 2. The Morgan fingerprint density at radius 3 is 2.50 bits per heavy atom. The summed E-state index contributed by atoms with van der Waals surface area (Å²) < 4.78 is 67.1. The van der Waals surface area contributed by atoms with Crippen molar-refractivity contribution in [3.63, 3.8) is 0 Å². The molecular weight excluding hydrogens is 473 g/mol. The molecule has 1 aromatic carbocycles. The number of nitrogens with one attached hydrogen (secondary N) is 1. The number of hydrogen-bond acceptors (Lipinski definition) is 7. The minimum Gasteiger partial charge on any atom is -0.404 e. The van der Waals surface area contributed by atoms with Crippen LogP contribution in [0.25, 0.3) is 0 Å². The lowest BCUT2D eigenvalue weighted by Crippen LogP contribution is -2.24. The Labute approximate surface area is 177 Å². The van der Waals surface area contributed by atoms with E-state index >= 15 is 0 Å². The molecule has 14 heteroatoms. The molecule has 1 unspecified atom stereocenters. The number of hydrogen-bond donors (Lipinski definition) is 3. The summed E-state index contributed by atoms with van der Waals surface area (Å²) in [5.74, 6) is -3.72. The first-order valence-electron chi connectivity index (χ1n) is 7.92. The number of aliphatic hydroxyl groups is 1. The van der Waals surface area contributed by atoms with E-state index in [9.17, 15) is 31.2 Å². The minimum atomic E-state index is -5.18. The molecule has 0 aliphatic rings. The van der Waals surface area contributed by atoms with E-state index in [4.69, 9.17) is 22.4 Å². The van der Waals surface area contributed by atoms with E-state index < -0.39 is 55.4 Å². The summed E-state index contributed by atoms with van der Waals surface area (Å²) >= 11 is 6.13. The van der Waals surface area contributed by atoms with Gasteiger partial charge in [0.05, 0.1) is 18.1 Å². The fourth-order valence-electron chi connectivity index (χ4n) is 2.10. The Bertz CT molecular complexity index is 1090. The van der Waals surface area contributed by atoms with Gasteiger partial charge in [0.25, 0.3) is 5.91 Å². The molecule has 0 aliphatic heterocycles. The van der Waals surface area contributed by atoms with Gasteiger partial charge in [-0.15, -0.1) is 24.5 Å². The molecule has 1 atom stereocenters. The number of anilines is 1. The number of halogens is 4. The highest BCUT2D eigenvalue weighted by molar-refractivity contribution is 7.93. The van der Waals surface area contributed by atoms with Crippen molar-refractivity contribution < 1.29 is 41.0 Å².